The highest BCUT2D eigenvalue weighted by atomic mass is 16.6. The van der Waals surface area contributed by atoms with Gasteiger partial charge in [0.1, 0.15) is 5.60 Å². The molecule has 1 saturated heterocycles. The smallest absolute Gasteiger partial charge is 0.407 e. The summed E-state index contributed by atoms with van der Waals surface area (Å²) in [5.74, 6) is 1.76. The van der Waals surface area contributed by atoms with Crippen LogP contribution >= 0.6 is 0 Å². The summed E-state index contributed by atoms with van der Waals surface area (Å²) in [5, 5.41) is 6.52. The molecule has 3 unspecified atom stereocenters. The first-order chi connectivity index (χ1) is 10.8. The fraction of sp³-hybridized carbons (Fsp3) is 0.882. The van der Waals surface area contributed by atoms with Gasteiger partial charge in [0.25, 0.3) is 0 Å². The van der Waals surface area contributed by atoms with Gasteiger partial charge >= 0.3 is 6.09 Å². The van der Waals surface area contributed by atoms with Crippen molar-refractivity contribution >= 4 is 12.1 Å². The molecular weight excluding hydrogens is 292 g/mol. The zero-order valence-corrected chi connectivity index (χ0v) is 15.2. The van der Waals surface area contributed by atoms with Gasteiger partial charge in [-0.1, -0.05) is 13.3 Å². The molecular formula is C17H32N4O2. The molecule has 3 atom stereocenters. The Morgan fingerprint density at radius 3 is 2.70 bits per heavy atom. The molecule has 132 valence electrons. The molecule has 1 amide bonds. The summed E-state index contributed by atoms with van der Waals surface area (Å²) in [6.07, 6.45) is 4.37. The average molecular weight is 324 g/mol. The third-order valence-corrected chi connectivity index (χ3v) is 4.32. The third-order valence-electron chi connectivity index (χ3n) is 4.32. The lowest BCUT2D eigenvalue weighted by Gasteiger charge is -2.23. The van der Waals surface area contributed by atoms with Gasteiger partial charge in [0.05, 0.1) is 6.04 Å². The summed E-state index contributed by atoms with van der Waals surface area (Å²) in [4.78, 5) is 18.5. The minimum atomic E-state index is -0.458. The van der Waals surface area contributed by atoms with E-state index in [1.165, 1.54) is 19.3 Å². The molecule has 0 aromatic heterocycles. The van der Waals surface area contributed by atoms with Crippen molar-refractivity contribution in [3.05, 3.63) is 0 Å². The van der Waals surface area contributed by atoms with Gasteiger partial charge in [0.15, 0.2) is 5.96 Å². The van der Waals surface area contributed by atoms with Crippen molar-refractivity contribution in [3.63, 3.8) is 0 Å². The lowest BCUT2D eigenvalue weighted by atomic mass is 10.2. The summed E-state index contributed by atoms with van der Waals surface area (Å²) in [6, 6.07) is 0.695. The van der Waals surface area contributed by atoms with E-state index in [2.05, 4.69) is 27.4 Å². The maximum atomic E-state index is 11.9. The Morgan fingerprint density at radius 2 is 2.09 bits per heavy atom. The highest BCUT2D eigenvalue weighted by molar-refractivity contribution is 5.81. The van der Waals surface area contributed by atoms with Crippen molar-refractivity contribution in [2.45, 2.75) is 71.1 Å². The molecule has 0 aromatic carbocycles. The van der Waals surface area contributed by atoms with Crippen LogP contribution < -0.4 is 10.6 Å². The largest absolute Gasteiger partial charge is 0.444 e. The van der Waals surface area contributed by atoms with Crippen molar-refractivity contribution < 1.29 is 9.53 Å². The fourth-order valence-electron chi connectivity index (χ4n) is 3.12. The predicted octanol–water partition coefficient (Wildman–Crippen LogP) is 2.35. The van der Waals surface area contributed by atoms with E-state index >= 15 is 0 Å². The number of carbonyl (C=O) groups is 1. The molecule has 23 heavy (non-hydrogen) atoms. The zero-order chi connectivity index (χ0) is 17.0. The van der Waals surface area contributed by atoms with Crippen LogP contribution in [0.3, 0.4) is 0 Å². The highest BCUT2D eigenvalue weighted by Gasteiger charge is 2.38. The van der Waals surface area contributed by atoms with E-state index in [0.29, 0.717) is 6.04 Å². The Labute approximate surface area is 140 Å². The minimum Gasteiger partial charge on any atom is -0.444 e. The molecule has 1 aliphatic heterocycles. The van der Waals surface area contributed by atoms with E-state index in [-0.39, 0.29) is 12.1 Å². The van der Waals surface area contributed by atoms with Crippen molar-refractivity contribution in [2.75, 3.05) is 20.1 Å². The number of hydrogen-bond donors (Lipinski definition) is 2. The van der Waals surface area contributed by atoms with E-state index in [9.17, 15) is 4.79 Å². The Morgan fingerprint density at radius 1 is 1.35 bits per heavy atom. The van der Waals surface area contributed by atoms with Crippen LogP contribution in [0.25, 0.3) is 0 Å². The number of carbonyl (C=O) groups excluding carboxylic acids is 1. The van der Waals surface area contributed by atoms with Gasteiger partial charge in [-0.25, -0.2) is 4.79 Å². The van der Waals surface area contributed by atoms with E-state index in [0.717, 1.165) is 31.4 Å². The molecule has 0 spiro atoms. The maximum absolute atomic E-state index is 11.9. The Hall–Kier alpha value is -1.46. The van der Waals surface area contributed by atoms with Crippen LogP contribution in [0.5, 0.6) is 0 Å². The monoisotopic (exact) mass is 324 g/mol. The summed E-state index contributed by atoms with van der Waals surface area (Å²) < 4.78 is 5.32. The molecule has 2 fully saturated rings. The molecule has 0 radical (unpaired) electrons. The quantitative estimate of drug-likeness (QED) is 0.615. The van der Waals surface area contributed by atoms with Gasteiger partial charge in [-0.15, -0.1) is 0 Å². The summed E-state index contributed by atoms with van der Waals surface area (Å²) in [7, 11) is 1.83. The van der Waals surface area contributed by atoms with Gasteiger partial charge in [0.2, 0.25) is 0 Å². The van der Waals surface area contributed by atoms with E-state index in [4.69, 9.17) is 4.74 Å². The zero-order valence-electron chi connectivity index (χ0n) is 15.2. The van der Waals surface area contributed by atoms with Crippen LogP contribution in [0.15, 0.2) is 4.99 Å². The summed E-state index contributed by atoms with van der Waals surface area (Å²) in [5.41, 5.74) is -0.458. The minimum absolute atomic E-state index is 0.119. The number of likely N-dealkylation sites (tertiary alicyclic amines) is 1. The van der Waals surface area contributed by atoms with Crippen LogP contribution in [-0.2, 0) is 4.74 Å². The topological polar surface area (TPSA) is 66.0 Å². The Balaban J connectivity index is 1.76. The number of rotatable bonds is 4. The number of nitrogens with one attached hydrogen (secondary N) is 2. The van der Waals surface area contributed by atoms with Gasteiger partial charge < -0.3 is 20.3 Å². The van der Waals surface area contributed by atoms with E-state index in [1.807, 2.05) is 27.8 Å². The van der Waals surface area contributed by atoms with Crippen LogP contribution in [0.4, 0.5) is 4.79 Å². The SMILES string of the molecule is CCCC1CC1NC(=NC)N1CCC(NC(=O)OC(C)(C)C)C1. The number of amides is 1. The van der Waals surface area contributed by atoms with Gasteiger partial charge in [-0.3, -0.25) is 4.99 Å². The van der Waals surface area contributed by atoms with Crippen molar-refractivity contribution in [1.29, 1.82) is 0 Å². The van der Waals surface area contributed by atoms with Crippen LogP contribution in [0.2, 0.25) is 0 Å². The van der Waals surface area contributed by atoms with Gasteiger partial charge in [0, 0.05) is 26.2 Å². The number of aliphatic imine (C=N–C) groups is 1. The lowest BCUT2D eigenvalue weighted by molar-refractivity contribution is 0.0507. The van der Waals surface area contributed by atoms with Crippen molar-refractivity contribution in [3.8, 4) is 0 Å². The average Bonchev–Trinajstić information content (AvgIpc) is 2.99. The van der Waals surface area contributed by atoms with Gasteiger partial charge in [-0.05, 0) is 46.0 Å². The molecule has 6 nitrogen and oxygen atoms in total. The molecule has 1 heterocycles. The number of nitrogens with zero attached hydrogens (tertiary/aromatic N) is 2. The maximum Gasteiger partial charge on any atom is 0.407 e. The first-order valence-electron chi connectivity index (χ1n) is 8.80. The summed E-state index contributed by atoms with van der Waals surface area (Å²) >= 11 is 0. The number of guanidine groups is 1. The first kappa shape index (κ1) is 17.9. The second kappa shape index (κ2) is 7.41. The normalized spacial score (nSPS) is 27.8. The van der Waals surface area contributed by atoms with Crippen LogP contribution in [-0.4, -0.2) is 54.8 Å². The number of hydrogen-bond acceptors (Lipinski definition) is 3. The molecule has 6 heteroatoms. The number of alkyl carbamates (subject to hydrolysis) is 1. The van der Waals surface area contributed by atoms with E-state index < -0.39 is 5.60 Å². The number of ether oxygens (including phenoxy) is 1. The molecule has 2 rings (SSSR count). The Kier molecular flexibility index (Phi) is 5.76. The Bertz CT molecular complexity index is 444. The molecule has 2 aliphatic rings. The lowest BCUT2D eigenvalue weighted by Crippen LogP contribution is -2.45. The van der Waals surface area contributed by atoms with Crippen molar-refractivity contribution in [1.82, 2.24) is 15.5 Å². The molecule has 0 bridgehead atoms. The standard InChI is InChI=1S/C17H32N4O2/c1-6-7-12-10-14(12)20-15(18-5)21-9-8-13(11-21)19-16(22)23-17(2,3)4/h12-14H,6-11H2,1-5H3,(H,18,20)(H,19,22). The van der Waals surface area contributed by atoms with Crippen LogP contribution in [0, 0.1) is 5.92 Å². The molecule has 1 aliphatic carbocycles. The fourth-order valence-corrected chi connectivity index (χ4v) is 3.12. The molecule has 0 aromatic rings. The van der Waals surface area contributed by atoms with Crippen LogP contribution in [0.1, 0.15) is 53.4 Å². The predicted molar refractivity (Wildman–Crippen MR) is 92.6 cm³/mol. The molecule has 1 saturated carbocycles. The van der Waals surface area contributed by atoms with E-state index in [1.54, 1.807) is 0 Å². The summed E-state index contributed by atoms with van der Waals surface area (Å²) in [6.45, 7) is 9.55. The third kappa shape index (κ3) is 5.59. The highest BCUT2D eigenvalue weighted by Crippen LogP contribution is 2.34. The second-order valence-electron chi connectivity index (χ2n) is 7.66. The second-order valence-corrected chi connectivity index (χ2v) is 7.66. The van der Waals surface area contributed by atoms with Gasteiger partial charge in [-0.2, -0.15) is 0 Å². The first-order valence-corrected chi connectivity index (χ1v) is 8.80. The molecule has 2 N–H and O–H groups in total. The van der Waals surface area contributed by atoms with Crippen molar-refractivity contribution in [2.24, 2.45) is 10.9 Å².